The van der Waals surface area contributed by atoms with Crippen molar-refractivity contribution in [1.82, 2.24) is 10.2 Å². The maximum absolute atomic E-state index is 5.93. The first-order valence-corrected chi connectivity index (χ1v) is 7.39. The van der Waals surface area contributed by atoms with Gasteiger partial charge < -0.3 is 15.0 Å². The van der Waals surface area contributed by atoms with Gasteiger partial charge in [-0.2, -0.15) is 0 Å². The lowest BCUT2D eigenvalue weighted by Gasteiger charge is -2.17. The van der Waals surface area contributed by atoms with E-state index >= 15 is 0 Å². The summed E-state index contributed by atoms with van der Waals surface area (Å²) < 4.78 is 5.93. The Labute approximate surface area is 116 Å². The molecule has 0 unspecified atom stereocenters. The third kappa shape index (κ3) is 5.21. The molecule has 0 atom stereocenters. The molecule has 1 aromatic rings. The lowest BCUT2D eigenvalue weighted by atomic mass is 10.2. The molecule has 1 saturated carbocycles. The molecule has 1 N–H and O–H groups in total. The number of nitrogens with zero attached hydrogens (tertiary/aromatic N) is 1. The van der Waals surface area contributed by atoms with Crippen molar-refractivity contribution in [1.29, 1.82) is 0 Å². The van der Waals surface area contributed by atoms with Crippen molar-refractivity contribution in [3.05, 3.63) is 29.8 Å². The topological polar surface area (TPSA) is 24.5 Å². The summed E-state index contributed by atoms with van der Waals surface area (Å²) >= 11 is 0. The molecule has 0 spiro atoms. The van der Waals surface area contributed by atoms with Gasteiger partial charge in [0.2, 0.25) is 0 Å². The molecule has 0 radical (unpaired) electrons. The molecule has 1 aliphatic rings. The molecule has 3 nitrogen and oxygen atoms in total. The second kappa shape index (κ2) is 7.51. The quantitative estimate of drug-likeness (QED) is 0.740. The lowest BCUT2D eigenvalue weighted by molar-refractivity contribution is 0.231. The third-order valence-corrected chi connectivity index (χ3v) is 3.54. The largest absolute Gasteiger partial charge is 0.492 e. The molecular weight excluding hydrogens is 236 g/mol. The van der Waals surface area contributed by atoms with Crippen LogP contribution in [0, 0.1) is 5.92 Å². The Kier molecular flexibility index (Phi) is 5.67. The van der Waals surface area contributed by atoms with Crippen molar-refractivity contribution in [3.8, 4) is 5.75 Å². The number of likely N-dealkylation sites (N-methyl/N-ethyl adjacent to an activating group) is 1. The van der Waals surface area contributed by atoms with E-state index in [0.717, 1.165) is 37.9 Å². The maximum Gasteiger partial charge on any atom is 0.123 e. The molecule has 1 aromatic carbocycles. The maximum atomic E-state index is 5.93. The monoisotopic (exact) mass is 262 g/mol. The molecule has 0 aliphatic heterocycles. The van der Waals surface area contributed by atoms with Gasteiger partial charge in [-0.25, -0.2) is 0 Å². The van der Waals surface area contributed by atoms with Gasteiger partial charge in [0.15, 0.2) is 0 Å². The minimum atomic E-state index is 0.770. The molecule has 106 valence electrons. The van der Waals surface area contributed by atoms with Crippen molar-refractivity contribution < 1.29 is 4.74 Å². The molecule has 1 aliphatic carbocycles. The molecule has 2 rings (SSSR count). The standard InChI is InChI=1S/C16H26N2O/c1-3-17-12-15-6-4-5-7-16(15)19-11-10-18(2)13-14-8-9-14/h4-7,14,17H,3,8-13H2,1-2H3. The first-order chi connectivity index (χ1) is 9.29. The van der Waals surface area contributed by atoms with Crippen LogP contribution in [0.1, 0.15) is 25.3 Å². The zero-order chi connectivity index (χ0) is 13.5. The Hall–Kier alpha value is -1.06. The summed E-state index contributed by atoms with van der Waals surface area (Å²) in [6.07, 6.45) is 2.83. The molecule has 3 heteroatoms. The summed E-state index contributed by atoms with van der Waals surface area (Å²) in [7, 11) is 2.19. The van der Waals surface area contributed by atoms with Gasteiger partial charge >= 0.3 is 0 Å². The minimum Gasteiger partial charge on any atom is -0.492 e. The van der Waals surface area contributed by atoms with Crippen LogP contribution in [-0.2, 0) is 6.54 Å². The van der Waals surface area contributed by atoms with E-state index < -0.39 is 0 Å². The first-order valence-electron chi connectivity index (χ1n) is 7.39. The van der Waals surface area contributed by atoms with Crippen molar-refractivity contribution in [3.63, 3.8) is 0 Å². The number of hydrogen-bond donors (Lipinski definition) is 1. The van der Waals surface area contributed by atoms with Crippen LogP contribution < -0.4 is 10.1 Å². The summed E-state index contributed by atoms with van der Waals surface area (Å²) in [6.45, 7) is 6.99. The van der Waals surface area contributed by atoms with Gasteiger partial charge in [0, 0.05) is 25.2 Å². The van der Waals surface area contributed by atoms with Crippen LogP contribution >= 0.6 is 0 Å². The van der Waals surface area contributed by atoms with E-state index in [4.69, 9.17) is 4.74 Å². The highest BCUT2D eigenvalue weighted by Crippen LogP contribution is 2.29. The molecule has 0 amide bonds. The highest BCUT2D eigenvalue weighted by molar-refractivity contribution is 5.33. The van der Waals surface area contributed by atoms with E-state index in [-0.39, 0.29) is 0 Å². The van der Waals surface area contributed by atoms with Crippen LogP contribution in [-0.4, -0.2) is 38.2 Å². The van der Waals surface area contributed by atoms with Crippen LogP contribution in [0.5, 0.6) is 5.75 Å². The number of ether oxygens (including phenoxy) is 1. The molecule has 0 aromatic heterocycles. The Morgan fingerprint density at radius 1 is 1.32 bits per heavy atom. The summed E-state index contributed by atoms with van der Waals surface area (Å²) in [5.41, 5.74) is 1.24. The summed E-state index contributed by atoms with van der Waals surface area (Å²) in [6, 6.07) is 8.30. The lowest BCUT2D eigenvalue weighted by Crippen LogP contribution is -2.26. The normalized spacial score (nSPS) is 14.9. The van der Waals surface area contributed by atoms with Gasteiger partial charge in [0.05, 0.1) is 0 Å². The second-order valence-corrected chi connectivity index (χ2v) is 5.44. The van der Waals surface area contributed by atoms with E-state index in [1.54, 1.807) is 0 Å². The van der Waals surface area contributed by atoms with Crippen molar-refractivity contribution in [2.75, 3.05) is 33.3 Å². The van der Waals surface area contributed by atoms with E-state index in [1.165, 1.54) is 24.9 Å². The molecule has 0 heterocycles. The van der Waals surface area contributed by atoms with Crippen LogP contribution in [0.4, 0.5) is 0 Å². The second-order valence-electron chi connectivity index (χ2n) is 5.44. The SMILES string of the molecule is CCNCc1ccccc1OCCN(C)CC1CC1. The van der Waals surface area contributed by atoms with E-state index in [0.29, 0.717) is 0 Å². The Bertz CT molecular complexity index is 377. The summed E-state index contributed by atoms with van der Waals surface area (Å²) in [4.78, 5) is 2.38. The van der Waals surface area contributed by atoms with E-state index in [1.807, 2.05) is 6.07 Å². The van der Waals surface area contributed by atoms with Crippen molar-refractivity contribution in [2.24, 2.45) is 5.92 Å². The highest BCUT2D eigenvalue weighted by Gasteiger charge is 2.22. The Morgan fingerprint density at radius 3 is 2.84 bits per heavy atom. The summed E-state index contributed by atoms with van der Waals surface area (Å²) in [5, 5.41) is 3.35. The fourth-order valence-corrected chi connectivity index (χ4v) is 2.19. The molecule has 0 saturated heterocycles. The van der Waals surface area contributed by atoms with Gasteiger partial charge in [-0.05, 0) is 38.4 Å². The van der Waals surface area contributed by atoms with Crippen LogP contribution in [0.2, 0.25) is 0 Å². The third-order valence-electron chi connectivity index (χ3n) is 3.54. The number of hydrogen-bond acceptors (Lipinski definition) is 3. The predicted octanol–water partition coefficient (Wildman–Crippen LogP) is 2.52. The number of para-hydroxylation sites is 1. The minimum absolute atomic E-state index is 0.770. The van der Waals surface area contributed by atoms with Crippen LogP contribution in [0.15, 0.2) is 24.3 Å². The fourth-order valence-electron chi connectivity index (χ4n) is 2.19. The van der Waals surface area contributed by atoms with Gasteiger partial charge in [0.1, 0.15) is 12.4 Å². The number of benzene rings is 1. The van der Waals surface area contributed by atoms with E-state index in [2.05, 4.69) is 42.4 Å². The average molecular weight is 262 g/mol. The van der Waals surface area contributed by atoms with Crippen LogP contribution in [0.3, 0.4) is 0 Å². The van der Waals surface area contributed by atoms with Gasteiger partial charge in [-0.1, -0.05) is 25.1 Å². The number of rotatable bonds is 9. The Morgan fingerprint density at radius 2 is 2.11 bits per heavy atom. The average Bonchev–Trinajstić information content (AvgIpc) is 3.21. The van der Waals surface area contributed by atoms with Crippen molar-refractivity contribution >= 4 is 0 Å². The predicted molar refractivity (Wildman–Crippen MR) is 79.5 cm³/mol. The molecule has 1 fully saturated rings. The Balaban J connectivity index is 1.74. The van der Waals surface area contributed by atoms with Crippen molar-refractivity contribution in [2.45, 2.75) is 26.3 Å². The number of nitrogens with one attached hydrogen (secondary N) is 1. The zero-order valence-corrected chi connectivity index (χ0v) is 12.2. The van der Waals surface area contributed by atoms with Gasteiger partial charge in [-0.3, -0.25) is 0 Å². The van der Waals surface area contributed by atoms with Gasteiger partial charge in [-0.15, -0.1) is 0 Å². The first kappa shape index (κ1) is 14.4. The molecule has 0 bridgehead atoms. The zero-order valence-electron chi connectivity index (χ0n) is 12.2. The smallest absolute Gasteiger partial charge is 0.123 e. The fraction of sp³-hybridized carbons (Fsp3) is 0.625. The molecular formula is C16H26N2O. The van der Waals surface area contributed by atoms with Crippen LogP contribution in [0.25, 0.3) is 0 Å². The van der Waals surface area contributed by atoms with Gasteiger partial charge in [0.25, 0.3) is 0 Å². The summed E-state index contributed by atoms with van der Waals surface area (Å²) in [5.74, 6) is 1.97. The highest BCUT2D eigenvalue weighted by atomic mass is 16.5. The van der Waals surface area contributed by atoms with E-state index in [9.17, 15) is 0 Å². The molecule has 19 heavy (non-hydrogen) atoms.